The lowest BCUT2D eigenvalue weighted by atomic mass is 10.1. The first-order chi connectivity index (χ1) is 9.13. The van der Waals surface area contributed by atoms with Crippen LogP contribution in [0, 0.1) is 5.92 Å². The fourth-order valence-corrected chi connectivity index (χ4v) is 2.15. The highest BCUT2D eigenvalue weighted by atomic mass is 79.9. The summed E-state index contributed by atoms with van der Waals surface area (Å²) in [4.78, 5) is 0. The highest BCUT2D eigenvalue weighted by molar-refractivity contribution is 9.10. The molecule has 4 heteroatoms. The molecule has 0 spiro atoms. The van der Waals surface area contributed by atoms with Crippen LogP contribution in [0.3, 0.4) is 0 Å². The van der Waals surface area contributed by atoms with Crippen molar-refractivity contribution in [1.82, 2.24) is 5.32 Å². The van der Waals surface area contributed by atoms with Crippen LogP contribution in [0.5, 0.6) is 0 Å². The maximum absolute atomic E-state index is 5.90. The van der Waals surface area contributed by atoms with Gasteiger partial charge in [0.2, 0.25) is 0 Å². The molecule has 0 aliphatic carbocycles. The monoisotopic (exact) mass is 329 g/mol. The number of hydrogen-bond acceptors (Lipinski definition) is 3. The van der Waals surface area contributed by atoms with Crippen molar-refractivity contribution in [2.45, 2.75) is 20.0 Å². The third kappa shape index (κ3) is 7.06. The van der Waals surface area contributed by atoms with Crippen LogP contribution in [0.15, 0.2) is 28.7 Å². The molecular weight excluding hydrogens is 306 g/mol. The SMILES string of the molecule is CNCC(OCCOCC(C)C)c1cccc(Br)c1. The van der Waals surface area contributed by atoms with Crippen LogP contribution in [0.4, 0.5) is 0 Å². The molecule has 0 amide bonds. The molecule has 1 aromatic carbocycles. The summed E-state index contributed by atoms with van der Waals surface area (Å²) >= 11 is 3.49. The summed E-state index contributed by atoms with van der Waals surface area (Å²) in [7, 11) is 1.93. The Kier molecular flexibility index (Phi) is 8.30. The fraction of sp³-hybridized carbons (Fsp3) is 0.600. The molecule has 0 aliphatic heterocycles. The van der Waals surface area contributed by atoms with Crippen molar-refractivity contribution in [3.05, 3.63) is 34.3 Å². The van der Waals surface area contributed by atoms with Gasteiger partial charge in [-0.3, -0.25) is 0 Å². The molecule has 1 N–H and O–H groups in total. The number of ether oxygens (including phenoxy) is 2. The van der Waals surface area contributed by atoms with E-state index in [4.69, 9.17) is 9.47 Å². The Morgan fingerprint density at radius 2 is 2.05 bits per heavy atom. The molecule has 1 aromatic rings. The number of likely N-dealkylation sites (N-methyl/N-ethyl adjacent to an activating group) is 1. The van der Waals surface area contributed by atoms with Crippen molar-refractivity contribution < 1.29 is 9.47 Å². The van der Waals surface area contributed by atoms with Crippen molar-refractivity contribution in [3.8, 4) is 0 Å². The summed E-state index contributed by atoms with van der Waals surface area (Å²) in [6, 6.07) is 8.23. The number of benzene rings is 1. The quantitative estimate of drug-likeness (QED) is 0.704. The van der Waals surface area contributed by atoms with Crippen LogP contribution in [-0.2, 0) is 9.47 Å². The van der Waals surface area contributed by atoms with Gasteiger partial charge in [0.05, 0.1) is 19.3 Å². The van der Waals surface area contributed by atoms with Crippen molar-refractivity contribution in [1.29, 1.82) is 0 Å². The summed E-state index contributed by atoms with van der Waals surface area (Å²) < 4.78 is 12.5. The lowest BCUT2D eigenvalue weighted by molar-refractivity contribution is -0.000680. The lowest BCUT2D eigenvalue weighted by Crippen LogP contribution is -2.21. The largest absolute Gasteiger partial charge is 0.379 e. The molecule has 0 aliphatic rings. The van der Waals surface area contributed by atoms with Gasteiger partial charge in [-0.05, 0) is 30.7 Å². The summed E-state index contributed by atoms with van der Waals surface area (Å²) in [5, 5.41) is 3.16. The number of halogens is 1. The van der Waals surface area contributed by atoms with E-state index in [1.807, 2.05) is 19.2 Å². The highest BCUT2D eigenvalue weighted by Crippen LogP contribution is 2.20. The van der Waals surface area contributed by atoms with Crippen molar-refractivity contribution in [3.63, 3.8) is 0 Å². The van der Waals surface area contributed by atoms with Crippen molar-refractivity contribution in [2.75, 3.05) is 33.4 Å². The Balaban J connectivity index is 2.40. The van der Waals surface area contributed by atoms with Crippen molar-refractivity contribution in [2.24, 2.45) is 5.92 Å². The molecule has 1 atom stereocenters. The molecule has 0 fully saturated rings. The first kappa shape index (κ1) is 16.6. The average molecular weight is 330 g/mol. The third-order valence-electron chi connectivity index (χ3n) is 2.61. The topological polar surface area (TPSA) is 30.5 Å². The summed E-state index contributed by atoms with van der Waals surface area (Å²) in [6.07, 6.45) is 0.0603. The smallest absolute Gasteiger partial charge is 0.0950 e. The molecule has 0 radical (unpaired) electrons. The molecule has 108 valence electrons. The predicted octanol–water partition coefficient (Wildman–Crippen LogP) is 3.40. The zero-order chi connectivity index (χ0) is 14.1. The molecule has 3 nitrogen and oxygen atoms in total. The highest BCUT2D eigenvalue weighted by Gasteiger charge is 2.11. The van der Waals surface area contributed by atoms with Gasteiger partial charge in [-0.25, -0.2) is 0 Å². The first-order valence-corrected chi connectivity index (χ1v) is 7.52. The van der Waals surface area contributed by atoms with Gasteiger partial charge in [0.1, 0.15) is 0 Å². The third-order valence-corrected chi connectivity index (χ3v) is 3.10. The zero-order valence-electron chi connectivity index (χ0n) is 12.0. The molecule has 0 saturated carbocycles. The van der Waals surface area contributed by atoms with E-state index in [0.29, 0.717) is 19.1 Å². The van der Waals surface area contributed by atoms with Gasteiger partial charge < -0.3 is 14.8 Å². The molecule has 1 rings (SSSR count). The molecule has 19 heavy (non-hydrogen) atoms. The van der Waals surface area contributed by atoms with Crippen LogP contribution in [0.2, 0.25) is 0 Å². The fourth-order valence-electron chi connectivity index (χ4n) is 1.73. The number of hydrogen-bond donors (Lipinski definition) is 1. The predicted molar refractivity (Wildman–Crippen MR) is 82.4 cm³/mol. The Labute approximate surface area is 124 Å². The molecular formula is C15H24BrNO2. The van der Waals surface area contributed by atoms with E-state index in [-0.39, 0.29) is 6.10 Å². The van der Waals surface area contributed by atoms with Crippen LogP contribution in [-0.4, -0.2) is 33.4 Å². The molecule has 0 aromatic heterocycles. The van der Waals surface area contributed by atoms with Gasteiger partial charge in [0.25, 0.3) is 0 Å². The van der Waals surface area contributed by atoms with E-state index in [9.17, 15) is 0 Å². The molecule has 0 saturated heterocycles. The van der Waals surface area contributed by atoms with Gasteiger partial charge in [-0.2, -0.15) is 0 Å². The van der Waals surface area contributed by atoms with E-state index < -0.39 is 0 Å². The maximum Gasteiger partial charge on any atom is 0.0950 e. The van der Waals surface area contributed by atoms with Crippen molar-refractivity contribution >= 4 is 15.9 Å². The van der Waals surface area contributed by atoms with Gasteiger partial charge in [0, 0.05) is 17.6 Å². The van der Waals surface area contributed by atoms with Crippen LogP contribution < -0.4 is 5.32 Å². The van der Waals surface area contributed by atoms with E-state index in [2.05, 4.69) is 47.2 Å². The van der Waals surface area contributed by atoms with Crippen LogP contribution >= 0.6 is 15.9 Å². The molecule has 0 bridgehead atoms. The van der Waals surface area contributed by atoms with Gasteiger partial charge in [-0.15, -0.1) is 0 Å². The lowest BCUT2D eigenvalue weighted by Gasteiger charge is -2.18. The minimum Gasteiger partial charge on any atom is -0.379 e. The Morgan fingerprint density at radius 1 is 1.26 bits per heavy atom. The average Bonchev–Trinajstić information content (AvgIpc) is 2.36. The second-order valence-corrected chi connectivity index (χ2v) is 5.86. The first-order valence-electron chi connectivity index (χ1n) is 6.73. The van der Waals surface area contributed by atoms with E-state index in [1.54, 1.807) is 0 Å². The second kappa shape index (κ2) is 9.48. The Bertz CT molecular complexity index is 358. The van der Waals surface area contributed by atoms with Gasteiger partial charge in [0.15, 0.2) is 0 Å². The Hall–Kier alpha value is -0.420. The van der Waals surface area contributed by atoms with Gasteiger partial charge >= 0.3 is 0 Å². The normalized spacial score (nSPS) is 12.9. The number of nitrogens with one attached hydrogen (secondary N) is 1. The van der Waals surface area contributed by atoms with Crippen LogP contribution in [0.1, 0.15) is 25.5 Å². The number of rotatable bonds is 9. The zero-order valence-corrected chi connectivity index (χ0v) is 13.6. The molecule has 0 heterocycles. The summed E-state index contributed by atoms with van der Waals surface area (Å²) in [5.74, 6) is 0.568. The minimum atomic E-state index is 0.0603. The Morgan fingerprint density at radius 3 is 2.68 bits per heavy atom. The summed E-state index contributed by atoms with van der Waals surface area (Å²) in [6.45, 7) is 7.13. The second-order valence-electron chi connectivity index (χ2n) is 4.94. The standard InChI is InChI=1S/C15H24BrNO2/c1-12(2)11-18-7-8-19-15(10-17-3)13-5-4-6-14(16)9-13/h4-6,9,12,15,17H,7-8,10-11H2,1-3H3. The minimum absolute atomic E-state index is 0.0603. The van der Waals surface area contributed by atoms with E-state index >= 15 is 0 Å². The maximum atomic E-state index is 5.90. The van der Waals surface area contributed by atoms with E-state index in [0.717, 1.165) is 17.6 Å². The molecule has 1 unspecified atom stereocenters. The van der Waals surface area contributed by atoms with E-state index in [1.165, 1.54) is 5.56 Å². The van der Waals surface area contributed by atoms with Crippen LogP contribution in [0.25, 0.3) is 0 Å². The summed E-state index contributed by atoms with van der Waals surface area (Å²) in [5.41, 5.74) is 1.17. The van der Waals surface area contributed by atoms with Gasteiger partial charge in [-0.1, -0.05) is 41.9 Å².